The van der Waals surface area contributed by atoms with Gasteiger partial charge in [-0.3, -0.25) is 9.48 Å². The van der Waals surface area contributed by atoms with Gasteiger partial charge in [-0.2, -0.15) is 5.10 Å². The van der Waals surface area contributed by atoms with Crippen LogP contribution in [0.4, 0.5) is 0 Å². The van der Waals surface area contributed by atoms with Crippen LogP contribution in [0.1, 0.15) is 57.1 Å². The summed E-state index contributed by atoms with van der Waals surface area (Å²) >= 11 is 0. The van der Waals surface area contributed by atoms with Crippen molar-refractivity contribution in [2.75, 3.05) is 6.61 Å². The van der Waals surface area contributed by atoms with E-state index in [2.05, 4.69) is 24.3 Å². The molecule has 2 N–H and O–H groups in total. The number of carbonyl (C=O) groups is 2. The molecule has 0 aliphatic heterocycles. The topological polar surface area (TPSA) is 93.5 Å². The Morgan fingerprint density at radius 2 is 2.12 bits per heavy atom. The molecular formula is C18H29N3O4. The lowest BCUT2D eigenvalue weighted by Gasteiger charge is -2.58. The molecule has 1 amide bonds. The molecule has 1 aliphatic rings. The van der Waals surface area contributed by atoms with Crippen molar-refractivity contribution in [3.05, 3.63) is 17.5 Å². The van der Waals surface area contributed by atoms with E-state index in [0.717, 1.165) is 5.69 Å². The highest BCUT2D eigenvalue weighted by molar-refractivity contribution is 5.99. The largest absolute Gasteiger partial charge is 0.479 e. The fourth-order valence-corrected chi connectivity index (χ4v) is 3.50. The van der Waals surface area contributed by atoms with Crippen molar-refractivity contribution in [3.8, 4) is 0 Å². The monoisotopic (exact) mass is 351 g/mol. The van der Waals surface area contributed by atoms with Gasteiger partial charge in [-0.05, 0) is 19.8 Å². The SMILES string of the molecule is CCOC1CC(NC(=O)c2cnn(CC(C)C)c2C)(C(=O)O)C1(C)C. The van der Waals surface area contributed by atoms with Gasteiger partial charge in [-0.25, -0.2) is 4.79 Å². The van der Waals surface area contributed by atoms with Gasteiger partial charge >= 0.3 is 5.97 Å². The molecule has 2 unspecified atom stereocenters. The standard InChI is InChI=1S/C18H29N3O4/c1-7-25-14-8-18(16(23)24,17(14,5)6)20-15(22)13-9-19-21(12(13)4)10-11(2)3/h9,11,14H,7-8,10H2,1-6H3,(H,20,22)(H,23,24). The summed E-state index contributed by atoms with van der Waals surface area (Å²) < 4.78 is 7.41. The third-order valence-corrected chi connectivity index (χ3v) is 5.34. The lowest BCUT2D eigenvalue weighted by molar-refractivity contribution is -0.190. The summed E-state index contributed by atoms with van der Waals surface area (Å²) in [6.07, 6.45) is 1.57. The minimum Gasteiger partial charge on any atom is -0.479 e. The Morgan fingerprint density at radius 3 is 2.60 bits per heavy atom. The van der Waals surface area contributed by atoms with Crippen LogP contribution in [0.15, 0.2) is 6.20 Å². The van der Waals surface area contributed by atoms with Gasteiger partial charge in [-0.1, -0.05) is 27.7 Å². The van der Waals surface area contributed by atoms with Crippen molar-refractivity contribution < 1.29 is 19.4 Å². The van der Waals surface area contributed by atoms with E-state index in [1.165, 1.54) is 6.20 Å². The summed E-state index contributed by atoms with van der Waals surface area (Å²) in [5.74, 6) is -1.04. The molecule has 1 heterocycles. The molecular weight excluding hydrogens is 322 g/mol. The maximum absolute atomic E-state index is 12.8. The molecule has 2 rings (SSSR count). The molecule has 7 heteroatoms. The van der Waals surface area contributed by atoms with E-state index in [1.54, 1.807) is 4.68 Å². The maximum Gasteiger partial charge on any atom is 0.330 e. The summed E-state index contributed by atoms with van der Waals surface area (Å²) in [5, 5.41) is 16.8. The van der Waals surface area contributed by atoms with Crippen LogP contribution in [0.2, 0.25) is 0 Å². The van der Waals surface area contributed by atoms with Crippen molar-refractivity contribution in [1.29, 1.82) is 0 Å². The van der Waals surface area contributed by atoms with Gasteiger partial charge in [-0.15, -0.1) is 0 Å². The molecule has 0 spiro atoms. The molecule has 1 aromatic heterocycles. The van der Waals surface area contributed by atoms with Crippen molar-refractivity contribution in [1.82, 2.24) is 15.1 Å². The molecule has 1 aliphatic carbocycles. The first-order valence-corrected chi connectivity index (χ1v) is 8.76. The maximum atomic E-state index is 12.8. The van der Waals surface area contributed by atoms with Gasteiger partial charge in [0.15, 0.2) is 0 Å². The van der Waals surface area contributed by atoms with E-state index in [0.29, 0.717) is 24.6 Å². The first-order chi connectivity index (χ1) is 11.6. The highest BCUT2D eigenvalue weighted by Crippen LogP contribution is 2.51. The molecule has 7 nitrogen and oxygen atoms in total. The summed E-state index contributed by atoms with van der Waals surface area (Å²) in [6.45, 7) is 12.7. The van der Waals surface area contributed by atoms with E-state index in [9.17, 15) is 14.7 Å². The van der Waals surface area contributed by atoms with Crippen LogP contribution in [0.5, 0.6) is 0 Å². The number of carboxylic acids is 1. The fraction of sp³-hybridized carbons (Fsp3) is 0.722. The van der Waals surface area contributed by atoms with Crippen LogP contribution >= 0.6 is 0 Å². The van der Waals surface area contributed by atoms with Crippen LogP contribution in [-0.2, 0) is 16.1 Å². The summed E-state index contributed by atoms with van der Waals surface area (Å²) in [6, 6.07) is 0. The zero-order valence-corrected chi connectivity index (χ0v) is 15.9. The first-order valence-electron chi connectivity index (χ1n) is 8.76. The number of aliphatic carboxylic acids is 1. The number of rotatable bonds is 7. The molecule has 0 radical (unpaired) electrons. The normalized spacial score (nSPS) is 24.8. The van der Waals surface area contributed by atoms with Crippen LogP contribution < -0.4 is 5.32 Å². The second-order valence-corrected chi connectivity index (χ2v) is 7.75. The second kappa shape index (κ2) is 6.78. The minimum absolute atomic E-state index is 0.196. The number of hydrogen-bond acceptors (Lipinski definition) is 4. The zero-order chi connectivity index (χ0) is 19.0. The smallest absolute Gasteiger partial charge is 0.330 e. The Balaban J connectivity index is 2.23. The molecule has 1 fully saturated rings. The summed E-state index contributed by atoms with van der Waals surface area (Å²) in [4.78, 5) is 24.7. The van der Waals surface area contributed by atoms with Gasteiger partial charge < -0.3 is 15.2 Å². The molecule has 0 saturated heterocycles. The number of carbonyl (C=O) groups excluding carboxylic acids is 1. The molecule has 25 heavy (non-hydrogen) atoms. The number of amides is 1. The van der Waals surface area contributed by atoms with E-state index in [4.69, 9.17) is 4.74 Å². The van der Waals surface area contributed by atoms with Gasteiger partial charge in [0.05, 0.1) is 17.9 Å². The number of ether oxygens (including phenoxy) is 1. The number of nitrogens with one attached hydrogen (secondary N) is 1. The van der Waals surface area contributed by atoms with Crippen molar-refractivity contribution in [2.45, 2.75) is 66.2 Å². The van der Waals surface area contributed by atoms with Crippen LogP contribution in [-0.4, -0.2) is 45.0 Å². The average Bonchev–Trinajstić information content (AvgIpc) is 2.86. The Bertz CT molecular complexity index is 665. The Labute approximate surface area is 148 Å². The van der Waals surface area contributed by atoms with Crippen molar-refractivity contribution in [2.24, 2.45) is 11.3 Å². The highest BCUT2D eigenvalue weighted by atomic mass is 16.5. The predicted molar refractivity (Wildman–Crippen MR) is 93.4 cm³/mol. The lowest BCUT2D eigenvalue weighted by atomic mass is 9.54. The van der Waals surface area contributed by atoms with Gasteiger partial charge in [0.2, 0.25) is 0 Å². The predicted octanol–water partition coefficient (Wildman–Crippen LogP) is 2.24. The molecule has 0 aromatic carbocycles. The van der Waals surface area contributed by atoms with E-state index in [1.807, 2.05) is 27.7 Å². The molecule has 2 atom stereocenters. The third-order valence-electron chi connectivity index (χ3n) is 5.34. The zero-order valence-electron chi connectivity index (χ0n) is 15.9. The lowest BCUT2D eigenvalue weighted by Crippen LogP contribution is -2.76. The van der Waals surface area contributed by atoms with Gasteiger partial charge in [0, 0.05) is 30.7 Å². The summed E-state index contributed by atoms with van der Waals surface area (Å²) in [5.41, 5.74) is -0.884. The first kappa shape index (κ1) is 19.4. The fourth-order valence-electron chi connectivity index (χ4n) is 3.50. The summed E-state index contributed by atoms with van der Waals surface area (Å²) in [7, 11) is 0. The molecule has 0 bridgehead atoms. The number of hydrogen-bond donors (Lipinski definition) is 2. The van der Waals surface area contributed by atoms with Crippen LogP contribution in [0.3, 0.4) is 0 Å². The van der Waals surface area contributed by atoms with Crippen LogP contribution in [0.25, 0.3) is 0 Å². The minimum atomic E-state index is -1.34. The molecule has 140 valence electrons. The number of aromatic nitrogens is 2. The third kappa shape index (κ3) is 3.17. The Kier molecular flexibility index (Phi) is 5.27. The quantitative estimate of drug-likeness (QED) is 0.786. The van der Waals surface area contributed by atoms with E-state index >= 15 is 0 Å². The Hall–Kier alpha value is -1.89. The number of nitrogens with zero attached hydrogens (tertiary/aromatic N) is 2. The van der Waals surface area contributed by atoms with E-state index < -0.39 is 22.8 Å². The molecule has 1 aromatic rings. The van der Waals surface area contributed by atoms with Crippen molar-refractivity contribution >= 4 is 11.9 Å². The van der Waals surface area contributed by atoms with Gasteiger partial charge in [0.1, 0.15) is 5.54 Å². The number of carboxylic acid groups (broad SMARTS) is 1. The van der Waals surface area contributed by atoms with Crippen molar-refractivity contribution in [3.63, 3.8) is 0 Å². The van der Waals surface area contributed by atoms with Gasteiger partial charge in [0.25, 0.3) is 5.91 Å². The van der Waals surface area contributed by atoms with Crippen LogP contribution in [0, 0.1) is 18.3 Å². The van der Waals surface area contributed by atoms with E-state index in [-0.39, 0.29) is 12.5 Å². The Morgan fingerprint density at radius 1 is 1.48 bits per heavy atom. The highest BCUT2D eigenvalue weighted by Gasteiger charge is 2.66. The molecule has 1 saturated carbocycles. The average molecular weight is 351 g/mol. The second-order valence-electron chi connectivity index (χ2n) is 7.75.